The summed E-state index contributed by atoms with van der Waals surface area (Å²) in [5.74, 6) is 0.0874. The Hall–Kier alpha value is -0.610. The van der Waals surface area contributed by atoms with Gasteiger partial charge in [0.15, 0.2) is 0 Å². The van der Waals surface area contributed by atoms with Gasteiger partial charge in [0.2, 0.25) is 5.91 Å². The molecule has 1 aliphatic heterocycles. The van der Waals surface area contributed by atoms with Crippen LogP contribution >= 0.6 is 0 Å². The molecule has 1 amide bonds. The molecule has 4 heteroatoms. The fraction of sp³-hybridized carbons (Fsp3) is 0.900. The molecular weight excluding hydrogens is 182 g/mol. The van der Waals surface area contributed by atoms with Crippen molar-refractivity contribution >= 4 is 5.91 Å². The summed E-state index contributed by atoms with van der Waals surface area (Å²) in [6.07, 6.45) is 2.13. The molecule has 1 saturated heterocycles. The molecule has 0 saturated carbocycles. The molecule has 1 fully saturated rings. The summed E-state index contributed by atoms with van der Waals surface area (Å²) in [6, 6.07) is 0. The maximum Gasteiger partial charge on any atom is 0.248 e. The van der Waals surface area contributed by atoms with Crippen LogP contribution in [0.5, 0.6) is 0 Å². The van der Waals surface area contributed by atoms with Crippen molar-refractivity contribution in [2.24, 2.45) is 0 Å². The Kier molecular flexibility index (Phi) is 5.56. The second-order valence-electron chi connectivity index (χ2n) is 3.40. The van der Waals surface area contributed by atoms with E-state index in [1.54, 1.807) is 4.90 Å². The van der Waals surface area contributed by atoms with E-state index in [4.69, 9.17) is 9.47 Å². The van der Waals surface area contributed by atoms with Gasteiger partial charge in [-0.2, -0.15) is 0 Å². The molecule has 0 bridgehead atoms. The summed E-state index contributed by atoms with van der Waals surface area (Å²) in [7, 11) is 0. The molecule has 0 aromatic rings. The van der Waals surface area contributed by atoms with E-state index in [2.05, 4.69) is 6.92 Å². The minimum Gasteiger partial charge on any atom is -0.378 e. The standard InChI is InChI=1S/C10H19NO3/c1-2-3-6-14-9-10(12)11-4-7-13-8-5-11/h2-9H2,1H3. The average molecular weight is 201 g/mol. The molecule has 82 valence electrons. The number of hydrogen-bond donors (Lipinski definition) is 0. The van der Waals surface area contributed by atoms with E-state index in [0.717, 1.165) is 12.8 Å². The number of nitrogens with zero attached hydrogens (tertiary/aromatic N) is 1. The van der Waals surface area contributed by atoms with Crippen LogP contribution in [0.1, 0.15) is 19.8 Å². The second kappa shape index (κ2) is 6.79. The van der Waals surface area contributed by atoms with Crippen molar-refractivity contribution in [2.75, 3.05) is 39.5 Å². The van der Waals surface area contributed by atoms with Crippen LogP contribution in [0.3, 0.4) is 0 Å². The number of carbonyl (C=O) groups is 1. The highest BCUT2D eigenvalue weighted by atomic mass is 16.5. The lowest BCUT2D eigenvalue weighted by Crippen LogP contribution is -2.42. The summed E-state index contributed by atoms with van der Waals surface area (Å²) in [5.41, 5.74) is 0. The van der Waals surface area contributed by atoms with E-state index < -0.39 is 0 Å². The minimum atomic E-state index is 0.0874. The first-order valence-electron chi connectivity index (χ1n) is 5.28. The molecule has 1 heterocycles. The average Bonchev–Trinajstić information content (AvgIpc) is 2.25. The summed E-state index contributed by atoms with van der Waals surface area (Å²) >= 11 is 0. The van der Waals surface area contributed by atoms with Crippen LogP contribution in [0, 0.1) is 0 Å². The fourth-order valence-corrected chi connectivity index (χ4v) is 1.31. The molecule has 0 aromatic carbocycles. The van der Waals surface area contributed by atoms with E-state index in [0.29, 0.717) is 32.9 Å². The largest absolute Gasteiger partial charge is 0.378 e. The third kappa shape index (κ3) is 4.07. The zero-order valence-corrected chi connectivity index (χ0v) is 8.83. The summed E-state index contributed by atoms with van der Waals surface area (Å²) in [6.45, 7) is 5.73. The topological polar surface area (TPSA) is 38.8 Å². The number of amides is 1. The van der Waals surface area contributed by atoms with Gasteiger partial charge in [0.25, 0.3) is 0 Å². The highest BCUT2D eigenvalue weighted by molar-refractivity contribution is 5.77. The highest BCUT2D eigenvalue weighted by Crippen LogP contribution is 1.98. The van der Waals surface area contributed by atoms with E-state index >= 15 is 0 Å². The third-order valence-corrected chi connectivity index (χ3v) is 2.23. The Bertz CT molecular complexity index is 167. The van der Waals surface area contributed by atoms with Gasteiger partial charge in [-0.05, 0) is 6.42 Å². The third-order valence-electron chi connectivity index (χ3n) is 2.23. The van der Waals surface area contributed by atoms with Crippen LogP contribution in [0.15, 0.2) is 0 Å². The van der Waals surface area contributed by atoms with Crippen LogP contribution in [0.2, 0.25) is 0 Å². The Labute approximate surface area is 85.2 Å². The summed E-state index contributed by atoms with van der Waals surface area (Å²) in [5, 5.41) is 0. The maximum absolute atomic E-state index is 11.5. The minimum absolute atomic E-state index is 0.0874. The van der Waals surface area contributed by atoms with Gasteiger partial charge >= 0.3 is 0 Å². The lowest BCUT2D eigenvalue weighted by molar-refractivity contribution is -0.140. The smallest absolute Gasteiger partial charge is 0.248 e. The quantitative estimate of drug-likeness (QED) is 0.613. The monoisotopic (exact) mass is 201 g/mol. The normalized spacial score (nSPS) is 17.1. The molecule has 0 radical (unpaired) electrons. The molecule has 0 unspecified atom stereocenters. The van der Waals surface area contributed by atoms with Gasteiger partial charge in [-0.3, -0.25) is 4.79 Å². The number of carbonyl (C=O) groups excluding carboxylic acids is 1. The molecule has 4 nitrogen and oxygen atoms in total. The van der Waals surface area contributed by atoms with Crippen molar-refractivity contribution in [3.8, 4) is 0 Å². The first-order chi connectivity index (χ1) is 6.84. The number of ether oxygens (including phenoxy) is 2. The van der Waals surface area contributed by atoms with Gasteiger partial charge in [-0.1, -0.05) is 13.3 Å². The first kappa shape index (κ1) is 11.5. The van der Waals surface area contributed by atoms with Crippen molar-refractivity contribution in [1.82, 2.24) is 4.90 Å². The van der Waals surface area contributed by atoms with E-state index in [1.807, 2.05) is 0 Å². The molecule has 0 atom stereocenters. The van der Waals surface area contributed by atoms with Gasteiger partial charge < -0.3 is 14.4 Å². The van der Waals surface area contributed by atoms with Gasteiger partial charge in [-0.25, -0.2) is 0 Å². The zero-order valence-electron chi connectivity index (χ0n) is 8.83. The van der Waals surface area contributed by atoms with Crippen molar-refractivity contribution < 1.29 is 14.3 Å². The number of morpholine rings is 1. The van der Waals surface area contributed by atoms with Gasteiger partial charge in [0.05, 0.1) is 13.2 Å². The molecule has 0 N–H and O–H groups in total. The first-order valence-corrected chi connectivity index (χ1v) is 5.28. The summed E-state index contributed by atoms with van der Waals surface area (Å²) < 4.78 is 10.4. The van der Waals surface area contributed by atoms with Crippen LogP contribution in [-0.2, 0) is 14.3 Å². The molecule has 14 heavy (non-hydrogen) atoms. The van der Waals surface area contributed by atoms with Crippen molar-refractivity contribution in [1.29, 1.82) is 0 Å². The molecule has 1 aliphatic rings. The molecule has 0 aromatic heterocycles. The molecular formula is C10H19NO3. The summed E-state index contributed by atoms with van der Waals surface area (Å²) in [4.78, 5) is 13.3. The number of unbranched alkanes of at least 4 members (excludes halogenated alkanes) is 1. The molecule has 1 rings (SSSR count). The van der Waals surface area contributed by atoms with Crippen molar-refractivity contribution in [2.45, 2.75) is 19.8 Å². The predicted molar refractivity (Wildman–Crippen MR) is 53.1 cm³/mol. The fourth-order valence-electron chi connectivity index (χ4n) is 1.31. The Balaban J connectivity index is 2.07. The van der Waals surface area contributed by atoms with Gasteiger partial charge in [-0.15, -0.1) is 0 Å². The number of hydrogen-bond acceptors (Lipinski definition) is 3. The Morgan fingerprint density at radius 1 is 1.43 bits per heavy atom. The van der Waals surface area contributed by atoms with Gasteiger partial charge in [0.1, 0.15) is 6.61 Å². The van der Waals surface area contributed by atoms with Crippen molar-refractivity contribution in [3.63, 3.8) is 0 Å². The molecule has 0 aliphatic carbocycles. The lowest BCUT2D eigenvalue weighted by atomic mass is 10.4. The predicted octanol–water partition coefficient (Wildman–Crippen LogP) is 0.662. The van der Waals surface area contributed by atoms with E-state index in [1.165, 1.54) is 0 Å². The van der Waals surface area contributed by atoms with Crippen LogP contribution in [0.4, 0.5) is 0 Å². The van der Waals surface area contributed by atoms with Crippen molar-refractivity contribution in [3.05, 3.63) is 0 Å². The lowest BCUT2D eigenvalue weighted by Gasteiger charge is -2.26. The Morgan fingerprint density at radius 3 is 2.79 bits per heavy atom. The SMILES string of the molecule is CCCCOCC(=O)N1CCOCC1. The number of rotatable bonds is 5. The van der Waals surface area contributed by atoms with E-state index in [-0.39, 0.29) is 12.5 Å². The Morgan fingerprint density at radius 2 is 2.14 bits per heavy atom. The zero-order chi connectivity index (χ0) is 10.2. The van der Waals surface area contributed by atoms with Crippen LogP contribution in [-0.4, -0.2) is 50.3 Å². The second-order valence-corrected chi connectivity index (χ2v) is 3.40. The molecule has 0 spiro atoms. The van der Waals surface area contributed by atoms with Crippen LogP contribution < -0.4 is 0 Å². The highest BCUT2D eigenvalue weighted by Gasteiger charge is 2.16. The van der Waals surface area contributed by atoms with Gasteiger partial charge in [0, 0.05) is 19.7 Å². The van der Waals surface area contributed by atoms with E-state index in [9.17, 15) is 4.79 Å². The van der Waals surface area contributed by atoms with Crippen LogP contribution in [0.25, 0.3) is 0 Å². The maximum atomic E-state index is 11.5.